The number of aliphatic hydroxyl groups excluding tert-OH is 13. The Bertz CT molecular complexity index is 2040. The number of hydrogen-bond donors (Lipinski definition) is 19. The van der Waals surface area contributed by atoms with Crippen LogP contribution in [0.5, 0.6) is 0 Å². The zero-order valence-corrected chi connectivity index (χ0v) is 47.4. The highest BCUT2D eigenvalue weighted by Crippen LogP contribution is 2.31. The van der Waals surface area contributed by atoms with E-state index < -0.39 is 166 Å². The second-order valence-corrected chi connectivity index (χ2v) is 20.8. The van der Waals surface area contributed by atoms with Crippen molar-refractivity contribution in [3.05, 3.63) is 12.8 Å². The van der Waals surface area contributed by atoms with E-state index in [1.807, 2.05) is 0 Å². The molecule has 34 heteroatoms. The minimum Gasteiger partial charge on any atom is -0.394 e. The maximum Gasteiger partial charge on any atom is 0.234 e. The van der Waals surface area contributed by atoms with Gasteiger partial charge < -0.3 is 136 Å². The molecule has 0 radical (unpaired) electrons. The molecule has 0 bridgehead atoms. The maximum atomic E-state index is 13.0. The molecule has 0 spiro atoms. The summed E-state index contributed by atoms with van der Waals surface area (Å²) in [6.45, 7) is 1.71. The summed E-state index contributed by atoms with van der Waals surface area (Å²) in [5.41, 5.74) is 0. The van der Waals surface area contributed by atoms with Crippen LogP contribution in [0.4, 0.5) is 0 Å². The summed E-state index contributed by atoms with van der Waals surface area (Å²) in [6.07, 6.45) is -27.7. The molecule has 4 fully saturated rings. The van der Waals surface area contributed by atoms with Gasteiger partial charge in [-0.15, -0.1) is 0 Å². The topological polar surface area (TPSA) is 515 Å². The Balaban J connectivity index is 1.16. The van der Waals surface area contributed by atoms with Gasteiger partial charge in [0.2, 0.25) is 35.4 Å². The summed E-state index contributed by atoms with van der Waals surface area (Å²) in [5.74, 6) is -2.56. The predicted octanol–water partition coefficient (Wildman–Crippen LogP) is -10.1. The first-order valence-electron chi connectivity index (χ1n) is 28.3. The third-order valence-corrected chi connectivity index (χ3v) is 14.1. The van der Waals surface area contributed by atoms with Crippen LogP contribution in [0.15, 0.2) is 12.8 Å². The lowest BCUT2D eigenvalue weighted by Gasteiger charge is -2.46. The van der Waals surface area contributed by atoms with Crippen molar-refractivity contribution in [3.63, 3.8) is 0 Å². The molecule has 6 amide bonds. The standard InChI is InChI=1S/C51H89N7O27/c1-3-52-32(63)12-15-55-35(66)22-58(20-33(64)53-13-8-4-6-10-30(61)56-16-18-78-48-43(74)40(71)36(67)26(2)81-48)21-34(65)54-14-9-5-7-11-31(62)57-17-19-79-50-46(77)47(85-51-45(76)42(73)38(69)28(24-60)83-51)39(70)29(84-50)25-80-49-44(75)41(72)37(68)27(23-59)82-49/h3,26-29,36-51,59-60,67-77H,1,4-25H2,2H3,(H,52,63)(H,53,64)(H,54,65)(H,55,66)(H,56,61)(H,57,62)/t26-,27+,28+,29+,36+,37+,38+,39+,40+,41-,42-,43-,44-,45-,46-,47-,48+,49-,50-,51+/m0/s1. The highest BCUT2D eigenvalue weighted by Gasteiger charge is 2.52. The minimum atomic E-state index is -1.95. The Hall–Kier alpha value is -4.32. The van der Waals surface area contributed by atoms with Crippen LogP contribution in [-0.4, -0.2) is 315 Å². The van der Waals surface area contributed by atoms with Crippen LogP contribution < -0.4 is 31.9 Å². The molecule has 4 rings (SSSR count). The van der Waals surface area contributed by atoms with Crippen LogP contribution >= 0.6 is 0 Å². The first-order valence-corrected chi connectivity index (χ1v) is 28.3. The summed E-state index contributed by atoms with van der Waals surface area (Å²) in [6, 6.07) is 0. The number of nitrogens with zero attached hydrogens (tertiary/aromatic N) is 1. The molecule has 4 aliphatic heterocycles. The second kappa shape index (κ2) is 38.2. The summed E-state index contributed by atoms with van der Waals surface area (Å²) in [7, 11) is 0. The molecule has 0 unspecified atom stereocenters. The Morgan fingerprint density at radius 2 is 0.859 bits per heavy atom. The molecule has 19 N–H and O–H groups in total. The van der Waals surface area contributed by atoms with E-state index in [0.717, 1.165) is 0 Å². The lowest BCUT2D eigenvalue weighted by Crippen LogP contribution is -2.65. The summed E-state index contributed by atoms with van der Waals surface area (Å²) in [4.78, 5) is 76.8. The van der Waals surface area contributed by atoms with Gasteiger partial charge >= 0.3 is 0 Å². The number of amides is 6. The second-order valence-electron chi connectivity index (χ2n) is 20.8. The zero-order chi connectivity index (χ0) is 62.8. The Morgan fingerprint density at radius 3 is 1.35 bits per heavy atom. The molecule has 4 aliphatic rings. The normalized spacial score (nSPS) is 33.1. The fourth-order valence-electron chi connectivity index (χ4n) is 9.20. The number of rotatable bonds is 37. The van der Waals surface area contributed by atoms with E-state index in [9.17, 15) is 95.2 Å². The molecule has 4 heterocycles. The van der Waals surface area contributed by atoms with Crippen LogP contribution in [0.2, 0.25) is 0 Å². The van der Waals surface area contributed by atoms with Gasteiger partial charge in [-0.1, -0.05) is 19.4 Å². The molecule has 20 atom stereocenters. The number of aliphatic hydroxyl groups is 13. The van der Waals surface area contributed by atoms with Gasteiger partial charge in [-0.2, -0.15) is 0 Å². The summed E-state index contributed by atoms with van der Waals surface area (Å²) in [5, 5.41) is 149. The smallest absolute Gasteiger partial charge is 0.234 e. The van der Waals surface area contributed by atoms with Crippen LogP contribution in [0.1, 0.15) is 64.7 Å². The van der Waals surface area contributed by atoms with E-state index in [0.29, 0.717) is 38.5 Å². The first-order chi connectivity index (χ1) is 40.5. The van der Waals surface area contributed by atoms with Gasteiger partial charge in [-0.05, 0) is 38.8 Å². The lowest BCUT2D eigenvalue weighted by atomic mass is 9.96. The van der Waals surface area contributed by atoms with Gasteiger partial charge in [0, 0.05) is 52.0 Å². The van der Waals surface area contributed by atoms with Crippen molar-refractivity contribution in [3.8, 4) is 0 Å². The number of unbranched alkanes of at least 4 members (excludes halogenated alkanes) is 4. The Kier molecular flexibility index (Phi) is 32.8. The number of ether oxygens (including phenoxy) is 8. The molecule has 490 valence electrons. The number of nitrogens with one attached hydrogen (secondary N) is 6. The van der Waals surface area contributed by atoms with Crippen molar-refractivity contribution in [1.29, 1.82) is 0 Å². The van der Waals surface area contributed by atoms with Crippen molar-refractivity contribution in [2.75, 3.05) is 85.4 Å². The van der Waals surface area contributed by atoms with Gasteiger partial charge in [0.1, 0.15) is 91.6 Å². The van der Waals surface area contributed by atoms with Gasteiger partial charge in [0.05, 0.1) is 58.8 Å². The molecular formula is C51H89N7O27. The quantitative estimate of drug-likeness (QED) is 0.0257. The molecule has 0 aliphatic carbocycles. The summed E-state index contributed by atoms with van der Waals surface area (Å²) >= 11 is 0. The maximum absolute atomic E-state index is 13.0. The van der Waals surface area contributed by atoms with Crippen molar-refractivity contribution in [2.24, 2.45) is 0 Å². The van der Waals surface area contributed by atoms with Gasteiger partial charge in [-0.25, -0.2) is 0 Å². The Morgan fingerprint density at radius 1 is 0.435 bits per heavy atom. The highest BCUT2D eigenvalue weighted by atomic mass is 16.8. The fourth-order valence-corrected chi connectivity index (χ4v) is 9.20. The fraction of sp³-hybridized carbons (Fsp3) is 0.843. The molecular weight excluding hydrogens is 1140 g/mol. The van der Waals surface area contributed by atoms with E-state index in [4.69, 9.17) is 37.9 Å². The molecule has 0 aromatic rings. The third kappa shape index (κ3) is 24.0. The molecule has 34 nitrogen and oxygen atoms in total. The summed E-state index contributed by atoms with van der Waals surface area (Å²) < 4.78 is 44.2. The highest BCUT2D eigenvalue weighted by molar-refractivity contribution is 5.84. The number of carbonyl (C=O) groups is 6. The van der Waals surface area contributed by atoms with Crippen molar-refractivity contribution in [2.45, 2.75) is 188 Å². The molecule has 0 aromatic heterocycles. The van der Waals surface area contributed by atoms with Crippen LogP contribution in [0.3, 0.4) is 0 Å². The van der Waals surface area contributed by atoms with Crippen LogP contribution in [0, 0.1) is 0 Å². The third-order valence-electron chi connectivity index (χ3n) is 14.1. The predicted molar refractivity (Wildman–Crippen MR) is 285 cm³/mol. The largest absolute Gasteiger partial charge is 0.394 e. The van der Waals surface area contributed by atoms with Crippen LogP contribution in [0.25, 0.3) is 0 Å². The van der Waals surface area contributed by atoms with E-state index in [1.54, 1.807) is 0 Å². The number of hydrogen-bond acceptors (Lipinski definition) is 28. The van der Waals surface area contributed by atoms with E-state index in [1.165, 1.54) is 18.0 Å². The Labute approximate surface area is 490 Å². The first kappa shape index (κ1) is 73.2. The zero-order valence-electron chi connectivity index (χ0n) is 47.4. The van der Waals surface area contributed by atoms with Gasteiger partial charge in [0.15, 0.2) is 25.2 Å². The van der Waals surface area contributed by atoms with E-state index >= 15 is 0 Å². The van der Waals surface area contributed by atoms with Gasteiger partial charge in [-0.3, -0.25) is 33.7 Å². The average molecular weight is 1230 g/mol. The lowest BCUT2D eigenvalue weighted by molar-refractivity contribution is -0.366. The molecule has 0 aromatic carbocycles. The molecule has 85 heavy (non-hydrogen) atoms. The van der Waals surface area contributed by atoms with Crippen molar-refractivity contribution in [1.82, 2.24) is 36.8 Å². The minimum absolute atomic E-state index is 0.0167. The van der Waals surface area contributed by atoms with Crippen LogP contribution in [-0.2, 0) is 66.7 Å². The molecule has 0 saturated carbocycles. The monoisotopic (exact) mass is 1230 g/mol. The van der Waals surface area contributed by atoms with E-state index in [2.05, 4.69) is 38.5 Å². The average Bonchev–Trinajstić information content (AvgIpc) is 2.09. The molecule has 4 saturated heterocycles. The van der Waals surface area contributed by atoms with E-state index in [-0.39, 0.29) is 96.6 Å². The number of carbonyl (C=O) groups excluding carboxylic acids is 6. The van der Waals surface area contributed by atoms with Gasteiger partial charge in [0.25, 0.3) is 0 Å². The van der Waals surface area contributed by atoms with Crippen molar-refractivity contribution >= 4 is 35.4 Å². The van der Waals surface area contributed by atoms with Crippen molar-refractivity contribution < 1.29 is 133 Å². The SMILES string of the molecule is C=CNC(=O)CCNC(=O)CN(CC(=O)NCCCCCC(=O)NCCO[C@@H]1O[C@@H](C)[C@@H](O)[C@@H](O)[C@@H]1O)CC(=O)NCCCCCC(=O)NCCO[C@H]1O[C@H](CO[C@H]2O[C@H](CO)[C@@H](O)[C@H](O)[C@@H]2O)[C@@H](O)[C@H](O[C@H]2O[C@H](CO)[C@@H](O)[C@H](O)[C@@H]2O)[C@@H]1O.